The maximum absolute atomic E-state index is 10.6. The molecule has 2 rings (SSSR count). The maximum atomic E-state index is 10.6. The third kappa shape index (κ3) is 3.98. The molecular weight excluding hydrogens is 300 g/mol. The van der Waals surface area contributed by atoms with Crippen LogP contribution in [0, 0.1) is 0 Å². The lowest BCUT2D eigenvalue weighted by atomic mass is 10.2. The van der Waals surface area contributed by atoms with E-state index in [1.165, 1.54) is 11.8 Å². The molecule has 0 radical (unpaired) electrons. The second kappa shape index (κ2) is 6.76. The minimum Gasteiger partial charge on any atom is -0.481 e. The first-order valence-electron chi connectivity index (χ1n) is 5.97. The van der Waals surface area contributed by atoms with Crippen molar-refractivity contribution in [2.45, 2.75) is 24.3 Å². The fourth-order valence-electron chi connectivity index (χ4n) is 1.58. The molecule has 1 aromatic heterocycles. The highest BCUT2D eigenvalue weighted by atomic mass is 35.5. The predicted molar refractivity (Wildman–Crippen MR) is 77.8 cm³/mol. The molecule has 5 nitrogen and oxygen atoms in total. The van der Waals surface area contributed by atoms with E-state index >= 15 is 0 Å². The molecule has 1 heterocycles. The van der Waals surface area contributed by atoms with Gasteiger partial charge in [-0.15, -0.1) is 11.8 Å². The van der Waals surface area contributed by atoms with E-state index in [9.17, 15) is 4.79 Å². The van der Waals surface area contributed by atoms with Crippen molar-refractivity contribution in [1.82, 2.24) is 10.1 Å². The number of aliphatic carboxylic acids is 1. The van der Waals surface area contributed by atoms with Gasteiger partial charge >= 0.3 is 5.97 Å². The van der Waals surface area contributed by atoms with Gasteiger partial charge in [0.15, 0.2) is 5.82 Å². The van der Waals surface area contributed by atoms with E-state index in [1.54, 1.807) is 12.1 Å². The van der Waals surface area contributed by atoms with Gasteiger partial charge in [0.25, 0.3) is 5.89 Å². The summed E-state index contributed by atoms with van der Waals surface area (Å²) in [5.41, 5.74) is 0.691. The van der Waals surface area contributed by atoms with E-state index in [-0.39, 0.29) is 11.7 Å². The minimum atomic E-state index is -0.810. The molecular formula is C13H13ClN2O3S. The summed E-state index contributed by atoms with van der Waals surface area (Å²) in [5.74, 6) is 0.594. The van der Waals surface area contributed by atoms with E-state index in [4.69, 9.17) is 21.2 Å². The zero-order valence-corrected chi connectivity index (χ0v) is 12.3. The molecule has 0 amide bonds. The van der Waals surface area contributed by atoms with Gasteiger partial charge in [-0.2, -0.15) is 4.98 Å². The number of hydrogen-bond acceptors (Lipinski definition) is 5. The highest BCUT2D eigenvalue weighted by Gasteiger charge is 2.14. The number of hydrogen-bond donors (Lipinski definition) is 1. The zero-order chi connectivity index (χ0) is 14.5. The first-order chi connectivity index (χ1) is 9.56. The summed E-state index contributed by atoms with van der Waals surface area (Å²) in [6, 6.07) is 7.23. The summed E-state index contributed by atoms with van der Waals surface area (Å²) < 4.78 is 5.17. The van der Waals surface area contributed by atoms with Crippen molar-refractivity contribution in [2.75, 3.05) is 0 Å². The lowest BCUT2D eigenvalue weighted by Crippen LogP contribution is -2.06. The molecule has 0 aliphatic heterocycles. The van der Waals surface area contributed by atoms with E-state index < -0.39 is 5.97 Å². The lowest BCUT2D eigenvalue weighted by molar-refractivity contribution is -0.136. The predicted octanol–water partition coefficient (Wildman–Crippen LogP) is 3.49. The number of halogens is 1. The molecule has 2 aromatic rings. The Labute approximate surface area is 125 Å². The monoisotopic (exact) mass is 312 g/mol. The SMILES string of the molecule is CC(CC(=O)O)SCc1noc(-c2ccccc2Cl)n1. The standard InChI is InChI=1S/C13H13ClN2O3S/c1-8(6-12(17)18)20-7-11-15-13(19-16-11)9-4-2-3-5-10(9)14/h2-5,8H,6-7H2,1H3,(H,17,18). The number of carboxylic acids is 1. The molecule has 1 N–H and O–H groups in total. The quantitative estimate of drug-likeness (QED) is 0.880. The van der Waals surface area contributed by atoms with Crippen molar-refractivity contribution in [3.63, 3.8) is 0 Å². The Morgan fingerprint density at radius 1 is 1.50 bits per heavy atom. The molecule has 0 spiro atoms. The Morgan fingerprint density at radius 3 is 2.95 bits per heavy atom. The molecule has 20 heavy (non-hydrogen) atoms. The van der Waals surface area contributed by atoms with E-state index in [1.807, 2.05) is 19.1 Å². The van der Waals surface area contributed by atoms with Crippen LogP contribution < -0.4 is 0 Å². The molecule has 0 fully saturated rings. The van der Waals surface area contributed by atoms with Crippen LogP contribution in [0.3, 0.4) is 0 Å². The first kappa shape index (κ1) is 14.9. The summed E-state index contributed by atoms with van der Waals surface area (Å²) in [6.45, 7) is 1.86. The number of nitrogens with zero attached hydrogens (tertiary/aromatic N) is 2. The van der Waals surface area contributed by atoms with Crippen molar-refractivity contribution in [3.8, 4) is 11.5 Å². The summed E-state index contributed by atoms with van der Waals surface area (Å²) in [4.78, 5) is 14.8. The topological polar surface area (TPSA) is 76.2 Å². The van der Waals surface area contributed by atoms with E-state index in [0.29, 0.717) is 28.1 Å². The van der Waals surface area contributed by atoms with Crippen LogP contribution in [-0.4, -0.2) is 26.5 Å². The molecule has 0 bridgehead atoms. The Hall–Kier alpha value is -1.53. The van der Waals surface area contributed by atoms with Crippen molar-refractivity contribution >= 4 is 29.3 Å². The fourth-order valence-corrected chi connectivity index (χ4v) is 2.61. The molecule has 7 heteroatoms. The van der Waals surface area contributed by atoms with Gasteiger partial charge in [0.2, 0.25) is 0 Å². The molecule has 0 aliphatic rings. The summed E-state index contributed by atoms with van der Waals surface area (Å²) >= 11 is 7.53. The minimum absolute atomic E-state index is 0.00485. The van der Waals surface area contributed by atoms with E-state index in [2.05, 4.69) is 10.1 Å². The highest BCUT2D eigenvalue weighted by molar-refractivity contribution is 7.99. The van der Waals surface area contributed by atoms with Crippen LogP contribution in [0.2, 0.25) is 5.02 Å². The van der Waals surface area contributed by atoms with Crippen LogP contribution in [0.4, 0.5) is 0 Å². The van der Waals surface area contributed by atoms with Crippen LogP contribution in [0.15, 0.2) is 28.8 Å². The van der Waals surface area contributed by atoms with Gasteiger partial charge < -0.3 is 9.63 Å². The normalized spacial score (nSPS) is 12.3. The number of carbonyl (C=O) groups is 1. The summed E-state index contributed by atoms with van der Waals surface area (Å²) in [7, 11) is 0. The van der Waals surface area contributed by atoms with Crippen molar-refractivity contribution in [1.29, 1.82) is 0 Å². The Morgan fingerprint density at radius 2 is 2.25 bits per heavy atom. The Kier molecular flexibility index (Phi) is 5.03. The van der Waals surface area contributed by atoms with Crippen LogP contribution in [-0.2, 0) is 10.5 Å². The van der Waals surface area contributed by atoms with Gasteiger partial charge in [0.05, 0.1) is 22.8 Å². The average Bonchev–Trinajstić information content (AvgIpc) is 2.85. The van der Waals surface area contributed by atoms with Crippen LogP contribution in [0.1, 0.15) is 19.2 Å². The number of aromatic nitrogens is 2. The van der Waals surface area contributed by atoms with Gasteiger partial charge in [-0.1, -0.05) is 35.8 Å². The molecule has 1 atom stereocenters. The van der Waals surface area contributed by atoms with Crippen LogP contribution in [0.5, 0.6) is 0 Å². The Bertz CT molecular complexity index is 603. The number of benzene rings is 1. The first-order valence-corrected chi connectivity index (χ1v) is 7.40. The van der Waals surface area contributed by atoms with Crippen molar-refractivity contribution in [2.24, 2.45) is 0 Å². The van der Waals surface area contributed by atoms with Gasteiger partial charge in [0.1, 0.15) is 0 Å². The fraction of sp³-hybridized carbons (Fsp3) is 0.308. The summed E-state index contributed by atoms with van der Waals surface area (Å²) in [6.07, 6.45) is 0.111. The molecule has 1 aromatic carbocycles. The van der Waals surface area contributed by atoms with Gasteiger partial charge in [-0.25, -0.2) is 0 Å². The van der Waals surface area contributed by atoms with E-state index in [0.717, 1.165) is 0 Å². The third-order valence-electron chi connectivity index (χ3n) is 2.53. The number of rotatable bonds is 6. The van der Waals surface area contributed by atoms with Gasteiger partial charge in [-0.05, 0) is 12.1 Å². The maximum Gasteiger partial charge on any atom is 0.304 e. The number of carboxylic acid groups (broad SMARTS) is 1. The highest BCUT2D eigenvalue weighted by Crippen LogP contribution is 2.27. The molecule has 0 saturated heterocycles. The number of thioether (sulfide) groups is 1. The molecule has 0 saturated carbocycles. The van der Waals surface area contributed by atoms with Gasteiger partial charge in [0, 0.05) is 5.25 Å². The molecule has 0 aliphatic carbocycles. The third-order valence-corrected chi connectivity index (χ3v) is 4.02. The van der Waals surface area contributed by atoms with Crippen LogP contribution in [0.25, 0.3) is 11.5 Å². The molecule has 1 unspecified atom stereocenters. The largest absolute Gasteiger partial charge is 0.481 e. The van der Waals surface area contributed by atoms with Crippen molar-refractivity contribution < 1.29 is 14.4 Å². The average molecular weight is 313 g/mol. The lowest BCUT2D eigenvalue weighted by Gasteiger charge is -2.05. The Balaban J connectivity index is 1.99. The zero-order valence-electron chi connectivity index (χ0n) is 10.7. The summed E-state index contributed by atoms with van der Waals surface area (Å²) in [5, 5.41) is 13.1. The molecule has 106 valence electrons. The second-order valence-electron chi connectivity index (χ2n) is 4.22. The smallest absolute Gasteiger partial charge is 0.304 e. The second-order valence-corrected chi connectivity index (χ2v) is 6.05. The van der Waals surface area contributed by atoms with Gasteiger partial charge in [-0.3, -0.25) is 4.79 Å². The van der Waals surface area contributed by atoms with Crippen molar-refractivity contribution in [3.05, 3.63) is 35.1 Å². The van der Waals surface area contributed by atoms with Crippen LogP contribution >= 0.6 is 23.4 Å².